The smallest absolute Gasteiger partial charge is 0.417 e. The van der Waals surface area contributed by atoms with Crippen LogP contribution in [0.25, 0.3) is 43.6 Å². The number of nitrogens with zero attached hydrogens (tertiary/aromatic N) is 6. The number of Topliss-reactive ketones (excluding diaryl/α,β-unsaturated/α-hetero) is 4. The normalized spacial score (nSPS) is 18.4. The van der Waals surface area contributed by atoms with Crippen LogP contribution in [-0.2, 0) is 58.1 Å². The molecule has 8 atom stereocenters. The van der Waals surface area contributed by atoms with Crippen molar-refractivity contribution in [2.24, 2.45) is 65.1 Å². The van der Waals surface area contributed by atoms with Crippen LogP contribution in [0.15, 0.2) is 199 Å². The zero-order chi connectivity index (χ0) is 104. The van der Waals surface area contributed by atoms with E-state index in [4.69, 9.17) is 44.0 Å². The molecule has 24 nitrogen and oxygen atoms in total. The first-order chi connectivity index (χ1) is 68.7. The van der Waals surface area contributed by atoms with E-state index in [9.17, 15) is 91.0 Å². The first-order valence-electron chi connectivity index (χ1n) is 46.4. The molecule has 12 aromatic rings. The first kappa shape index (κ1) is 106. The van der Waals surface area contributed by atoms with Gasteiger partial charge >= 0.3 is 48.6 Å². The largest absolute Gasteiger partial charge is 0.496 e. The van der Waals surface area contributed by atoms with Crippen LogP contribution in [0.4, 0.5) is 92.5 Å². The number of nitrogen functional groups attached to an aromatic ring is 1. The summed E-state index contributed by atoms with van der Waals surface area (Å²) in [5, 5.41) is 13.5. The molecule has 7 saturated carbocycles. The van der Waals surface area contributed by atoms with Crippen molar-refractivity contribution >= 4 is 162 Å². The van der Waals surface area contributed by atoms with Gasteiger partial charge in [-0.05, 0) is 230 Å². The molecule has 7 aliphatic carbocycles. The van der Waals surface area contributed by atoms with Gasteiger partial charge in [-0.3, -0.25) is 58.3 Å². The first-order valence-corrected chi connectivity index (χ1v) is 48.3. The van der Waals surface area contributed by atoms with E-state index >= 15 is 0 Å². The molecule has 0 aliphatic heterocycles. The molecule has 0 amide bonds. The van der Waals surface area contributed by atoms with Crippen LogP contribution in [0.2, 0.25) is 0 Å². The highest BCUT2D eigenvalue weighted by atomic mass is 79.9. The number of nitrogens with two attached hydrogens (primary N) is 1. The van der Waals surface area contributed by atoms with Crippen molar-refractivity contribution in [1.29, 1.82) is 0 Å². The summed E-state index contributed by atoms with van der Waals surface area (Å²) >= 11 is 6.71. The Hall–Kier alpha value is -13.5. The Labute approximate surface area is 835 Å². The van der Waals surface area contributed by atoms with Crippen LogP contribution in [0.1, 0.15) is 149 Å². The number of esters is 3. The Bertz CT molecular complexity index is 6820. The number of aromatic nitrogens is 4. The summed E-state index contributed by atoms with van der Waals surface area (Å²) in [6.45, 7) is 7.24. The molecule has 758 valence electrons. The number of benzene rings is 8. The number of hydrogen-bond acceptors (Lipinski definition) is 23. The highest BCUT2D eigenvalue weighted by Crippen LogP contribution is 2.52. The predicted octanol–water partition coefficient (Wildman–Crippen LogP) is 24.8. The number of carboxylic acid groups (broad SMARTS) is 1. The Balaban J connectivity index is 0.000000145. The number of carbonyl (C=O) groups is 8. The highest BCUT2D eigenvalue weighted by molar-refractivity contribution is 9.10. The maximum Gasteiger partial charge on any atom is 0.417 e. The lowest BCUT2D eigenvalue weighted by molar-refractivity contribution is -0.145. The van der Waals surface area contributed by atoms with Crippen LogP contribution in [0, 0.1) is 65.1 Å². The Kier molecular flexibility index (Phi) is 33.3. The zero-order valence-corrected chi connectivity index (χ0v) is 81.9. The molecule has 8 unspecified atom stereocenters. The fourth-order valence-electron chi connectivity index (χ4n) is 16.9. The van der Waals surface area contributed by atoms with E-state index in [0.29, 0.717) is 137 Å². The number of rotatable bonds is 30. The van der Waals surface area contributed by atoms with Crippen LogP contribution in [0.3, 0.4) is 0 Å². The van der Waals surface area contributed by atoms with Gasteiger partial charge < -0.3 is 59.1 Å². The second kappa shape index (κ2) is 45.2. The standard InChI is InChI=1S/C28H27F3N2O4.C26H23F3N2O4.C24H21F3N2O4.C14H15BrO4.C10H7F3N2.C4H7Br/c1-3-37-27(35)21-14-20(21)26(34)19-9-8-17(13-24(19)36-2)33(15-16-6-7-16)23-11-10-22(28(29,30)31)18-5-4-12-32-25(18)23;1-35-22-11-15(6-7-17(22)24(32)18-12-19(18)25(33)34)31(13-14-4-5-14)21-9-8-20(26(27,28)29)16-3-2-10-30-23(16)21;1-3-33-23(31)17-12-16(17)22(30)15-7-6-13(11-20(15)32-2)29-19-9-8-18(24(25,26)27)14-5-4-10-28-21(14)19;1-3-19-14(17)11-7-10(11)13(16)9-5-4-8(15)6-12(9)18-2;11-10(12,13)7-3-4-8(14)9-6(7)2-1-5-15-9;5-3-4-1-2-4/h4-5,8-13,16,20-21H,3,6-7,14-15H2,1-2H3;2-3,6-11,14,18-19H,4-5,12-13H2,1H3,(H,33,34);4-11,16-17,29H,3,12H2,1-2H3;4-6,10-11H,3,7H2,1-2H3;1-5H,14H2;4H,1-3H2. The van der Waals surface area contributed by atoms with Gasteiger partial charge in [0.2, 0.25) is 0 Å². The second-order valence-corrected chi connectivity index (χ2v) is 37.0. The number of carbonyl (C=O) groups excluding carboxylic acids is 7. The van der Waals surface area contributed by atoms with Crippen molar-refractivity contribution in [1.82, 2.24) is 19.9 Å². The average molecular weight is 2130 g/mol. The minimum atomic E-state index is -4.51. The van der Waals surface area contributed by atoms with Crippen LogP contribution < -0.4 is 39.8 Å². The maximum absolute atomic E-state index is 13.7. The minimum absolute atomic E-state index is 0.0190. The molecule has 4 heterocycles. The summed E-state index contributed by atoms with van der Waals surface area (Å²) in [7, 11) is 5.83. The molecule has 7 aliphatic rings. The number of pyridine rings is 4. The number of halogens is 14. The van der Waals surface area contributed by atoms with Crippen LogP contribution in [-0.4, -0.2) is 139 Å². The number of ether oxygens (including phenoxy) is 7. The van der Waals surface area contributed by atoms with Crippen LogP contribution in [0.5, 0.6) is 23.0 Å². The third-order valence-corrected chi connectivity index (χ3v) is 26.8. The van der Waals surface area contributed by atoms with E-state index in [1.165, 1.54) is 144 Å². The zero-order valence-electron chi connectivity index (χ0n) is 78.8. The lowest BCUT2D eigenvalue weighted by Gasteiger charge is -2.27. The Morgan fingerprint density at radius 2 is 0.708 bits per heavy atom. The van der Waals surface area contributed by atoms with Gasteiger partial charge in [-0.15, -0.1) is 0 Å². The molecule has 144 heavy (non-hydrogen) atoms. The van der Waals surface area contributed by atoms with Gasteiger partial charge in [0.1, 0.15) is 23.0 Å². The number of nitrogens with one attached hydrogen (secondary N) is 1. The molecular formula is C106H100Br2F12N8O16. The lowest BCUT2D eigenvalue weighted by Crippen LogP contribution is -2.21. The summed E-state index contributed by atoms with van der Waals surface area (Å²) < 4.78 is 197. The summed E-state index contributed by atoms with van der Waals surface area (Å²) in [6.07, 6.45) is -3.32. The molecule has 0 radical (unpaired) electrons. The van der Waals surface area contributed by atoms with E-state index in [2.05, 4.69) is 57.1 Å². The third-order valence-electron chi connectivity index (χ3n) is 25.4. The highest BCUT2D eigenvalue weighted by Gasteiger charge is 2.53. The summed E-state index contributed by atoms with van der Waals surface area (Å²) in [6, 6.07) is 41.3. The Morgan fingerprint density at radius 3 is 1.06 bits per heavy atom. The van der Waals surface area contributed by atoms with E-state index in [1.807, 2.05) is 9.80 Å². The van der Waals surface area contributed by atoms with Crippen molar-refractivity contribution in [2.75, 3.05) is 87.5 Å². The maximum atomic E-state index is 13.7. The van der Waals surface area contributed by atoms with Gasteiger partial charge in [-0.1, -0.05) is 56.1 Å². The van der Waals surface area contributed by atoms with Gasteiger partial charge in [-0.25, -0.2) is 0 Å². The number of hydrogen-bond donors (Lipinski definition) is 3. The molecule has 19 rings (SSSR count). The second-order valence-electron chi connectivity index (χ2n) is 35.4. The molecule has 8 aromatic carbocycles. The molecule has 4 aromatic heterocycles. The van der Waals surface area contributed by atoms with Gasteiger partial charge in [0.25, 0.3) is 0 Å². The van der Waals surface area contributed by atoms with Gasteiger partial charge in [0.15, 0.2) is 23.1 Å². The number of carboxylic acids is 1. The van der Waals surface area contributed by atoms with Gasteiger partial charge in [-0.2, -0.15) is 52.7 Å². The van der Waals surface area contributed by atoms with Gasteiger partial charge in [0.05, 0.1) is 161 Å². The van der Waals surface area contributed by atoms with E-state index in [1.54, 1.807) is 93.6 Å². The fraction of sp³-hybridized carbons (Fsp3) is 0.358. The van der Waals surface area contributed by atoms with Crippen molar-refractivity contribution in [3.8, 4) is 23.0 Å². The van der Waals surface area contributed by atoms with E-state index in [0.717, 1.165) is 60.3 Å². The van der Waals surface area contributed by atoms with Crippen molar-refractivity contribution in [2.45, 2.75) is 110 Å². The predicted molar refractivity (Wildman–Crippen MR) is 522 cm³/mol. The number of aliphatic carboxylic acids is 1. The molecule has 0 bridgehead atoms. The van der Waals surface area contributed by atoms with E-state index < -0.39 is 88.4 Å². The number of fused-ring (bicyclic) bond motifs is 4. The number of alkyl halides is 13. The summed E-state index contributed by atoms with van der Waals surface area (Å²) in [5.41, 5.74) is 8.52. The van der Waals surface area contributed by atoms with Crippen molar-refractivity contribution in [3.05, 3.63) is 244 Å². The summed E-state index contributed by atoms with van der Waals surface area (Å²) in [4.78, 5) is 118. The average Bonchev–Trinajstić information content (AvgIpc) is 1.68. The molecule has 38 heteroatoms. The summed E-state index contributed by atoms with van der Waals surface area (Å²) in [5.74, 6) is -3.00. The SMILES string of the molecule is BrCC1CC1.CCOC(=O)C1CC1C(=O)c1ccc(Br)cc1OC.CCOC(=O)C1CC1C(=O)c1ccc(N(CC2CC2)c2ccc(C(F)(F)F)c3cccnc23)cc1OC.CCOC(=O)C1CC1C(=O)c1ccc(Nc2ccc(C(F)(F)F)c3cccnc23)cc1OC.COc1cc(N(CC2CC2)c2ccc(C(F)(F)F)c3cccnc23)ccc1C(=O)C1CC1C(=O)O.Nc1ccc(C(F)(F)F)c2cccnc12. The number of anilines is 7. The molecule has 7 fully saturated rings. The minimum Gasteiger partial charge on any atom is -0.496 e. The molecule has 0 spiro atoms. The van der Waals surface area contributed by atoms with Crippen molar-refractivity contribution < 1.29 is 129 Å². The number of ketones is 4. The topological polar surface area (TPSA) is 317 Å². The van der Waals surface area contributed by atoms with E-state index in [-0.39, 0.29) is 115 Å². The third kappa shape index (κ3) is 25.4. The molecule has 4 N–H and O–H groups in total. The van der Waals surface area contributed by atoms with Crippen molar-refractivity contribution in [3.63, 3.8) is 0 Å². The van der Waals surface area contributed by atoms with Crippen LogP contribution >= 0.6 is 31.9 Å². The number of methoxy groups -OCH3 is 4. The Morgan fingerprint density at radius 1 is 0.389 bits per heavy atom. The quantitative estimate of drug-likeness (QED) is 0.00940. The van der Waals surface area contributed by atoms with Gasteiger partial charge in [0, 0.05) is 128 Å². The molecule has 0 saturated heterocycles. The monoisotopic (exact) mass is 2130 g/mol. The fourth-order valence-corrected chi connectivity index (χ4v) is 17.9. The lowest BCUT2D eigenvalue weighted by atomic mass is 10.0. The molecular weight excluding hydrogens is 2030 g/mol.